The lowest BCUT2D eigenvalue weighted by Crippen LogP contribution is -2.04. The van der Waals surface area contributed by atoms with Gasteiger partial charge < -0.3 is 4.74 Å². The van der Waals surface area contributed by atoms with Gasteiger partial charge in [-0.3, -0.25) is 4.40 Å². The van der Waals surface area contributed by atoms with Crippen molar-refractivity contribution in [1.29, 1.82) is 0 Å². The third kappa shape index (κ3) is 3.07. The van der Waals surface area contributed by atoms with Gasteiger partial charge in [0.25, 0.3) is 0 Å². The van der Waals surface area contributed by atoms with Crippen LogP contribution >= 0.6 is 11.3 Å². The van der Waals surface area contributed by atoms with Crippen LogP contribution in [0.25, 0.3) is 15.4 Å². The number of fused-ring (bicyclic) bond motifs is 1. The molecule has 2 aromatic heterocycles. The van der Waals surface area contributed by atoms with Crippen molar-refractivity contribution in [2.75, 3.05) is 6.61 Å². The van der Waals surface area contributed by atoms with Gasteiger partial charge in [-0.2, -0.15) is 13.2 Å². The monoisotopic (exact) mass is 340 g/mol. The van der Waals surface area contributed by atoms with E-state index in [-0.39, 0.29) is 12.3 Å². The first kappa shape index (κ1) is 15.5. The molecule has 0 fully saturated rings. The molecule has 2 heterocycles. The second-order valence-corrected chi connectivity index (χ2v) is 5.72. The van der Waals surface area contributed by atoms with E-state index in [1.165, 1.54) is 29.7 Å². The molecule has 0 spiro atoms. The first-order chi connectivity index (χ1) is 10.9. The minimum absolute atomic E-state index is 0.206. The van der Waals surface area contributed by atoms with Crippen molar-refractivity contribution in [2.45, 2.75) is 13.1 Å². The standard InChI is InChI=1S/C15H11F3N2O2S/c1-2-22-13(21)11-7-20-8-12(23-14(20)19-11)9-3-5-10(6-4-9)15(16,17)18/h3-8H,2H2,1H3. The first-order valence-electron chi connectivity index (χ1n) is 6.72. The molecule has 0 aliphatic rings. The van der Waals surface area contributed by atoms with Crippen molar-refractivity contribution in [2.24, 2.45) is 0 Å². The molecule has 0 saturated heterocycles. The summed E-state index contributed by atoms with van der Waals surface area (Å²) >= 11 is 1.28. The van der Waals surface area contributed by atoms with Crippen molar-refractivity contribution in [3.63, 3.8) is 0 Å². The maximum atomic E-state index is 12.6. The van der Waals surface area contributed by atoms with Crippen LogP contribution in [0.5, 0.6) is 0 Å². The number of aromatic nitrogens is 2. The van der Waals surface area contributed by atoms with Crippen LogP contribution in [-0.4, -0.2) is 22.0 Å². The maximum absolute atomic E-state index is 12.6. The molecule has 120 valence electrons. The van der Waals surface area contributed by atoms with E-state index in [0.717, 1.165) is 17.0 Å². The Hall–Kier alpha value is -2.35. The van der Waals surface area contributed by atoms with E-state index in [1.807, 2.05) is 0 Å². The van der Waals surface area contributed by atoms with Crippen LogP contribution in [0, 0.1) is 0 Å². The Bertz CT molecular complexity index is 818. The summed E-state index contributed by atoms with van der Waals surface area (Å²) < 4.78 is 44.2. The minimum atomic E-state index is -4.35. The lowest BCUT2D eigenvalue weighted by molar-refractivity contribution is -0.137. The highest BCUT2D eigenvalue weighted by atomic mass is 32.1. The zero-order chi connectivity index (χ0) is 16.6. The molecular formula is C15H11F3N2O2S. The molecule has 0 atom stereocenters. The zero-order valence-electron chi connectivity index (χ0n) is 11.9. The Balaban J connectivity index is 1.89. The largest absolute Gasteiger partial charge is 0.461 e. The summed E-state index contributed by atoms with van der Waals surface area (Å²) in [5.74, 6) is -0.500. The van der Waals surface area contributed by atoms with Gasteiger partial charge in [0.1, 0.15) is 0 Å². The van der Waals surface area contributed by atoms with Crippen molar-refractivity contribution in [1.82, 2.24) is 9.38 Å². The number of carbonyl (C=O) groups excluding carboxylic acids is 1. The highest BCUT2D eigenvalue weighted by Crippen LogP contribution is 2.33. The van der Waals surface area contributed by atoms with E-state index >= 15 is 0 Å². The Morgan fingerprint density at radius 1 is 1.26 bits per heavy atom. The zero-order valence-corrected chi connectivity index (χ0v) is 12.7. The maximum Gasteiger partial charge on any atom is 0.416 e. The number of esters is 1. The number of ether oxygens (including phenoxy) is 1. The van der Waals surface area contributed by atoms with Gasteiger partial charge in [-0.1, -0.05) is 23.5 Å². The van der Waals surface area contributed by atoms with Crippen LogP contribution in [0.1, 0.15) is 23.0 Å². The van der Waals surface area contributed by atoms with Crippen molar-refractivity contribution in [3.05, 3.63) is 47.9 Å². The summed E-state index contributed by atoms with van der Waals surface area (Å²) in [4.78, 5) is 17.1. The van der Waals surface area contributed by atoms with Crippen LogP contribution in [0.4, 0.5) is 13.2 Å². The molecule has 0 N–H and O–H groups in total. The number of imidazole rings is 1. The predicted molar refractivity (Wildman–Crippen MR) is 79.5 cm³/mol. The molecule has 3 aromatic rings. The number of alkyl halides is 3. The smallest absolute Gasteiger partial charge is 0.416 e. The van der Waals surface area contributed by atoms with Gasteiger partial charge in [0.05, 0.1) is 17.0 Å². The Kier molecular flexibility index (Phi) is 3.85. The quantitative estimate of drug-likeness (QED) is 0.669. The topological polar surface area (TPSA) is 43.6 Å². The van der Waals surface area contributed by atoms with Gasteiger partial charge in [0.2, 0.25) is 0 Å². The molecule has 0 amide bonds. The molecule has 0 bridgehead atoms. The molecule has 0 aliphatic heterocycles. The van der Waals surface area contributed by atoms with Crippen LogP contribution in [-0.2, 0) is 10.9 Å². The summed E-state index contributed by atoms with van der Waals surface area (Å²) in [5.41, 5.74) is 0.176. The number of hydrogen-bond acceptors (Lipinski definition) is 4. The van der Waals surface area contributed by atoms with E-state index in [1.54, 1.807) is 17.5 Å². The number of hydrogen-bond donors (Lipinski definition) is 0. The Morgan fingerprint density at radius 2 is 1.96 bits per heavy atom. The third-order valence-electron chi connectivity index (χ3n) is 3.14. The van der Waals surface area contributed by atoms with E-state index in [4.69, 9.17) is 4.74 Å². The van der Waals surface area contributed by atoms with Crippen LogP contribution in [0.2, 0.25) is 0 Å². The average Bonchev–Trinajstić information content (AvgIpc) is 3.05. The lowest BCUT2D eigenvalue weighted by atomic mass is 10.1. The second kappa shape index (κ2) is 5.69. The SMILES string of the molecule is CCOC(=O)c1cn2cc(-c3ccc(C(F)(F)F)cc3)sc2n1. The summed E-state index contributed by atoms with van der Waals surface area (Å²) in [6.45, 7) is 1.97. The van der Waals surface area contributed by atoms with Gasteiger partial charge >= 0.3 is 12.1 Å². The number of benzene rings is 1. The minimum Gasteiger partial charge on any atom is -0.461 e. The molecule has 0 radical (unpaired) electrons. The highest BCUT2D eigenvalue weighted by Gasteiger charge is 2.30. The number of nitrogens with zero attached hydrogens (tertiary/aromatic N) is 2. The van der Waals surface area contributed by atoms with Crippen LogP contribution in [0.15, 0.2) is 36.7 Å². The molecule has 0 unspecified atom stereocenters. The molecule has 0 aliphatic carbocycles. The number of thiazole rings is 1. The second-order valence-electron chi connectivity index (χ2n) is 4.71. The third-order valence-corrected chi connectivity index (χ3v) is 4.18. The van der Waals surface area contributed by atoms with E-state index in [9.17, 15) is 18.0 Å². The molecule has 0 saturated carbocycles. The fraction of sp³-hybridized carbons (Fsp3) is 0.200. The molecule has 1 aromatic carbocycles. The molecule has 4 nitrogen and oxygen atoms in total. The average molecular weight is 340 g/mol. The summed E-state index contributed by atoms with van der Waals surface area (Å²) in [7, 11) is 0. The van der Waals surface area contributed by atoms with Gasteiger partial charge in [0, 0.05) is 12.4 Å². The van der Waals surface area contributed by atoms with Crippen molar-refractivity contribution in [3.8, 4) is 10.4 Å². The van der Waals surface area contributed by atoms with E-state index < -0.39 is 17.7 Å². The van der Waals surface area contributed by atoms with Gasteiger partial charge in [-0.15, -0.1) is 0 Å². The number of rotatable bonds is 3. The summed E-state index contributed by atoms with van der Waals surface area (Å²) in [5, 5.41) is 0. The van der Waals surface area contributed by atoms with Crippen LogP contribution in [0.3, 0.4) is 0 Å². The molecule has 3 rings (SSSR count). The number of carbonyl (C=O) groups is 1. The molecule has 8 heteroatoms. The first-order valence-corrected chi connectivity index (χ1v) is 7.53. The van der Waals surface area contributed by atoms with E-state index in [2.05, 4.69) is 4.98 Å². The van der Waals surface area contributed by atoms with E-state index in [0.29, 0.717) is 10.5 Å². The summed E-state index contributed by atoms with van der Waals surface area (Å²) in [6.07, 6.45) is -1.09. The predicted octanol–water partition coefficient (Wildman–Crippen LogP) is 4.26. The normalized spacial score (nSPS) is 11.8. The highest BCUT2D eigenvalue weighted by molar-refractivity contribution is 7.20. The Morgan fingerprint density at radius 3 is 2.52 bits per heavy atom. The van der Waals surface area contributed by atoms with Crippen LogP contribution < -0.4 is 0 Å². The fourth-order valence-electron chi connectivity index (χ4n) is 2.06. The van der Waals surface area contributed by atoms with Gasteiger partial charge in [0.15, 0.2) is 10.7 Å². The molecule has 23 heavy (non-hydrogen) atoms. The molecular weight excluding hydrogens is 329 g/mol. The van der Waals surface area contributed by atoms with Gasteiger partial charge in [-0.05, 0) is 24.6 Å². The lowest BCUT2D eigenvalue weighted by Gasteiger charge is -2.06. The fourth-order valence-corrected chi connectivity index (χ4v) is 3.03. The summed E-state index contributed by atoms with van der Waals surface area (Å²) in [6, 6.07) is 4.92. The van der Waals surface area contributed by atoms with Crippen molar-refractivity contribution < 1.29 is 22.7 Å². The van der Waals surface area contributed by atoms with Crippen molar-refractivity contribution >= 4 is 22.3 Å². The van der Waals surface area contributed by atoms with Gasteiger partial charge in [-0.25, -0.2) is 9.78 Å². The Labute approximate surface area is 133 Å². The number of halogens is 3.